The van der Waals surface area contributed by atoms with Gasteiger partial charge in [-0.25, -0.2) is 0 Å². The van der Waals surface area contributed by atoms with Crippen molar-refractivity contribution in [3.05, 3.63) is 0 Å². The van der Waals surface area contributed by atoms with Crippen LogP contribution in [0.25, 0.3) is 0 Å². The van der Waals surface area contributed by atoms with Crippen LogP contribution < -0.4 is 0 Å². The first-order valence-corrected chi connectivity index (χ1v) is 7.20. The molecule has 0 saturated carbocycles. The SMILES string of the molecule is CC.CC1(C)OCC(C(O)C(O)C2COC(C)(C)O2)O1. The molecule has 0 aromatic carbocycles. The van der Waals surface area contributed by atoms with Crippen LogP contribution in [0.3, 0.4) is 0 Å². The van der Waals surface area contributed by atoms with Gasteiger partial charge < -0.3 is 29.2 Å². The van der Waals surface area contributed by atoms with Crippen LogP contribution in [-0.4, -0.2) is 59.4 Å². The van der Waals surface area contributed by atoms with Crippen molar-refractivity contribution in [1.29, 1.82) is 0 Å². The first-order chi connectivity index (χ1) is 9.20. The van der Waals surface area contributed by atoms with E-state index >= 15 is 0 Å². The van der Waals surface area contributed by atoms with Crippen LogP contribution in [0.4, 0.5) is 0 Å². The van der Waals surface area contributed by atoms with Gasteiger partial charge in [0.2, 0.25) is 0 Å². The van der Waals surface area contributed by atoms with Crippen molar-refractivity contribution in [2.24, 2.45) is 0 Å². The molecule has 2 saturated heterocycles. The molecule has 6 heteroatoms. The second-order valence-electron chi connectivity index (χ2n) is 5.72. The molecule has 0 aromatic heterocycles. The third-order valence-corrected chi connectivity index (χ3v) is 3.17. The summed E-state index contributed by atoms with van der Waals surface area (Å²) in [5.41, 5.74) is 0. The predicted molar refractivity (Wildman–Crippen MR) is 73.2 cm³/mol. The minimum Gasteiger partial charge on any atom is -0.387 e. The van der Waals surface area contributed by atoms with Crippen molar-refractivity contribution in [2.75, 3.05) is 13.2 Å². The summed E-state index contributed by atoms with van der Waals surface area (Å²) in [6.45, 7) is 11.6. The predicted octanol–water partition coefficient (Wildman–Crippen LogP) is 1.04. The average Bonchev–Trinajstić information content (AvgIpc) is 2.92. The highest BCUT2D eigenvalue weighted by Gasteiger charge is 2.45. The smallest absolute Gasteiger partial charge is 0.163 e. The Kier molecular flexibility index (Phi) is 5.95. The third-order valence-electron chi connectivity index (χ3n) is 3.17. The van der Waals surface area contributed by atoms with E-state index in [2.05, 4.69) is 0 Å². The average molecular weight is 292 g/mol. The van der Waals surface area contributed by atoms with Gasteiger partial charge in [0.25, 0.3) is 0 Å². The number of rotatable bonds is 3. The molecule has 2 aliphatic rings. The van der Waals surface area contributed by atoms with Crippen molar-refractivity contribution in [3.8, 4) is 0 Å². The highest BCUT2D eigenvalue weighted by atomic mass is 16.8. The van der Waals surface area contributed by atoms with Crippen molar-refractivity contribution in [1.82, 2.24) is 0 Å². The van der Waals surface area contributed by atoms with Gasteiger partial charge in [-0.3, -0.25) is 0 Å². The summed E-state index contributed by atoms with van der Waals surface area (Å²) in [5.74, 6) is -1.45. The largest absolute Gasteiger partial charge is 0.387 e. The molecule has 2 N–H and O–H groups in total. The molecule has 120 valence electrons. The van der Waals surface area contributed by atoms with Crippen LogP contribution in [-0.2, 0) is 18.9 Å². The molecule has 0 spiro atoms. The van der Waals surface area contributed by atoms with Crippen LogP contribution in [0.1, 0.15) is 41.5 Å². The highest BCUT2D eigenvalue weighted by Crippen LogP contribution is 2.29. The maximum Gasteiger partial charge on any atom is 0.163 e. The normalized spacial score (nSPS) is 34.2. The van der Waals surface area contributed by atoms with Gasteiger partial charge in [-0.2, -0.15) is 0 Å². The summed E-state index contributed by atoms with van der Waals surface area (Å²) in [6.07, 6.45) is -3.23. The Bertz CT molecular complexity index is 274. The molecular formula is C14H28O6. The summed E-state index contributed by atoms with van der Waals surface area (Å²) >= 11 is 0. The minimum absolute atomic E-state index is 0.252. The Morgan fingerprint density at radius 3 is 1.30 bits per heavy atom. The molecule has 20 heavy (non-hydrogen) atoms. The molecule has 0 bridgehead atoms. The molecule has 4 atom stereocenters. The standard InChI is InChI=1S/C12H22O6.C2H6/c1-11(2)15-5-7(17-11)9(13)10(14)8-6-16-12(3,4)18-8;1-2/h7-10,13-14H,5-6H2,1-4H3;1-2H3. The number of aliphatic hydroxyl groups is 2. The van der Waals surface area contributed by atoms with E-state index in [1.165, 1.54) is 0 Å². The van der Waals surface area contributed by atoms with Crippen LogP contribution >= 0.6 is 0 Å². The van der Waals surface area contributed by atoms with Gasteiger partial charge >= 0.3 is 0 Å². The summed E-state index contributed by atoms with van der Waals surface area (Å²) in [4.78, 5) is 0. The molecule has 2 fully saturated rings. The van der Waals surface area contributed by atoms with Crippen molar-refractivity contribution in [2.45, 2.75) is 77.5 Å². The van der Waals surface area contributed by atoms with Gasteiger partial charge in [0.1, 0.15) is 24.4 Å². The Hall–Kier alpha value is -0.240. The van der Waals surface area contributed by atoms with E-state index in [9.17, 15) is 10.2 Å². The molecule has 0 aromatic rings. The van der Waals surface area contributed by atoms with Gasteiger partial charge in [0.15, 0.2) is 11.6 Å². The van der Waals surface area contributed by atoms with Gasteiger partial charge in [-0.05, 0) is 27.7 Å². The van der Waals surface area contributed by atoms with E-state index in [4.69, 9.17) is 18.9 Å². The number of hydrogen-bond acceptors (Lipinski definition) is 6. The summed E-state index contributed by atoms with van der Waals surface area (Å²) in [7, 11) is 0. The van der Waals surface area contributed by atoms with Crippen LogP contribution in [0.15, 0.2) is 0 Å². The fourth-order valence-electron chi connectivity index (χ4n) is 2.21. The van der Waals surface area contributed by atoms with Crippen LogP contribution in [0, 0.1) is 0 Å². The van der Waals surface area contributed by atoms with E-state index < -0.39 is 36.0 Å². The number of hydrogen-bond donors (Lipinski definition) is 2. The molecule has 4 unspecified atom stereocenters. The van der Waals surface area contributed by atoms with E-state index in [1.54, 1.807) is 27.7 Å². The minimum atomic E-state index is -1.06. The van der Waals surface area contributed by atoms with Crippen LogP contribution in [0.2, 0.25) is 0 Å². The molecule has 2 heterocycles. The molecular weight excluding hydrogens is 264 g/mol. The van der Waals surface area contributed by atoms with Gasteiger partial charge in [-0.15, -0.1) is 0 Å². The fourth-order valence-corrected chi connectivity index (χ4v) is 2.21. The van der Waals surface area contributed by atoms with Crippen molar-refractivity contribution >= 4 is 0 Å². The number of aliphatic hydroxyl groups excluding tert-OH is 2. The van der Waals surface area contributed by atoms with E-state index in [0.717, 1.165) is 0 Å². The Labute approximate surface area is 121 Å². The molecule has 2 rings (SSSR count). The lowest BCUT2D eigenvalue weighted by Crippen LogP contribution is -2.47. The topological polar surface area (TPSA) is 77.4 Å². The first-order valence-electron chi connectivity index (χ1n) is 7.20. The lowest BCUT2D eigenvalue weighted by atomic mass is 10.0. The second-order valence-corrected chi connectivity index (χ2v) is 5.72. The summed E-state index contributed by atoms with van der Waals surface area (Å²) < 4.78 is 21.8. The highest BCUT2D eigenvalue weighted by molar-refractivity contribution is 4.88. The number of ether oxygens (including phenoxy) is 4. The summed E-state index contributed by atoms with van der Waals surface area (Å²) in [6, 6.07) is 0. The fraction of sp³-hybridized carbons (Fsp3) is 1.00. The maximum atomic E-state index is 10.1. The summed E-state index contributed by atoms with van der Waals surface area (Å²) in [5, 5.41) is 20.2. The lowest BCUT2D eigenvalue weighted by molar-refractivity contribution is -0.183. The van der Waals surface area contributed by atoms with Crippen LogP contribution in [0.5, 0.6) is 0 Å². The van der Waals surface area contributed by atoms with E-state index in [0.29, 0.717) is 0 Å². The first kappa shape index (κ1) is 17.8. The third kappa shape index (κ3) is 4.38. The zero-order valence-electron chi connectivity index (χ0n) is 13.3. The lowest BCUT2D eigenvalue weighted by Gasteiger charge is -2.27. The Balaban J connectivity index is 0.000000956. The molecule has 6 nitrogen and oxygen atoms in total. The Morgan fingerprint density at radius 2 is 1.10 bits per heavy atom. The van der Waals surface area contributed by atoms with Gasteiger partial charge in [-0.1, -0.05) is 13.8 Å². The zero-order chi connectivity index (χ0) is 15.6. The zero-order valence-corrected chi connectivity index (χ0v) is 13.3. The molecule has 0 amide bonds. The molecule has 2 aliphatic heterocycles. The van der Waals surface area contributed by atoms with Crippen molar-refractivity contribution in [3.63, 3.8) is 0 Å². The van der Waals surface area contributed by atoms with Gasteiger partial charge in [0.05, 0.1) is 13.2 Å². The van der Waals surface area contributed by atoms with E-state index in [1.807, 2.05) is 13.8 Å². The van der Waals surface area contributed by atoms with E-state index in [-0.39, 0.29) is 13.2 Å². The quantitative estimate of drug-likeness (QED) is 0.809. The Morgan fingerprint density at radius 1 is 0.800 bits per heavy atom. The maximum absolute atomic E-state index is 10.1. The second kappa shape index (κ2) is 6.68. The van der Waals surface area contributed by atoms with Crippen molar-refractivity contribution < 1.29 is 29.2 Å². The monoisotopic (exact) mass is 292 g/mol. The molecule has 0 aliphatic carbocycles. The molecule has 0 radical (unpaired) electrons. The van der Waals surface area contributed by atoms with Gasteiger partial charge in [0, 0.05) is 0 Å².